The number of carbonyl (C=O) groups excluding carboxylic acids is 1. The molecule has 164 valence electrons. The quantitative estimate of drug-likeness (QED) is 0.370. The van der Waals surface area contributed by atoms with Crippen molar-refractivity contribution in [2.45, 2.75) is 13.5 Å². The van der Waals surface area contributed by atoms with Crippen LogP contribution in [0.15, 0.2) is 71.0 Å². The molecule has 0 radical (unpaired) electrons. The maximum absolute atomic E-state index is 13.4. The van der Waals surface area contributed by atoms with E-state index in [2.05, 4.69) is 15.1 Å². The van der Waals surface area contributed by atoms with Gasteiger partial charge in [-0.3, -0.25) is 9.20 Å². The highest BCUT2D eigenvalue weighted by atomic mass is 32.1. The van der Waals surface area contributed by atoms with Crippen LogP contribution in [-0.2, 0) is 11.3 Å². The second-order valence-corrected chi connectivity index (χ2v) is 8.17. The summed E-state index contributed by atoms with van der Waals surface area (Å²) in [5, 5.41) is 6.16. The molecule has 0 saturated heterocycles. The van der Waals surface area contributed by atoms with E-state index in [-0.39, 0.29) is 23.8 Å². The van der Waals surface area contributed by atoms with Crippen molar-refractivity contribution in [1.82, 2.24) is 24.1 Å². The van der Waals surface area contributed by atoms with Gasteiger partial charge in [0.25, 0.3) is 11.4 Å². The lowest BCUT2D eigenvalue weighted by Crippen LogP contribution is -2.17. The van der Waals surface area contributed by atoms with Crippen molar-refractivity contribution in [1.29, 1.82) is 0 Å². The Morgan fingerprint density at radius 3 is 2.70 bits per heavy atom. The van der Waals surface area contributed by atoms with Gasteiger partial charge in [-0.15, -0.1) is 16.4 Å². The van der Waals surface area contributed by atoms with Crippen molar-refractivity contribution < 1.29 is 13.9 Å². The molecule has 1 aromatic carbocycles. The lowest BCUT2D eigenvalue weighted by molar-refractivity contribution is 0.0453. The van der Waals surface area contributed by atoms with Gasteiger partial charge in [0.1, 0.15) is 18.1 Å². The molecular weight excluding hydrogens is 445 g/mol. The molecule has 0 aliphatic rings. The van der Waals surface area contributed by atoms with Crippen molar-refractivity contribution >= 4 is 23.0 Å². The number of benzene rings is 1. The van der Waals surface area contributed by atoms with E-state index in [1.807, 2.05) is 30.5 Å². The third kappa shape index (κ3) is 4.15. The lowest BCUT2D eigenvalue weighted by Gasteiger charge is -2.05. The number of aromatic nitrogens is 5. The van der Waals surface area contributed by atoms with Gasteiger partial charge in [0.15, 0.2) is 5.82 Å². The van der Waals surface area contributed by atoms with Crippen molar-refractivity contribution in [2.24, 2.45) is 0 Å². The second kappa shape index (κ2) is 8.40. The lowest BCUT2D eigenvalue weighted by atomic mass is 10.3. The molecule has 0 aliphatic heterocycles. The molecule has 33 heavy (non-hydrogen) atoms. The van der Waals surface area contributed by atoms with Gasteiger partial charge in [-0.1, -0.05) is 12.1 Å². The minimum Gasteiger partial charge on any atom is -0.453 e. The Morgan fingerprint density at radius 2 is 1.94 bits per heavy atom. The Morgan fingerprint density at radius 1 is 1.12 bits per heavy atom. The number of esters is 1. The molecule has 0 saturated carbocycles. The summed E-state index contributed by atoms with van der Waals surface area (Å²) in [6, 6.07) is 14.3. The van der Waals surface area contributed by atoms with Crippen molar-refractivity contribution in [3.05, 3.63) is 99.4 Å². The third-order valence-electron chi connectivity index (χ3n) is 4.81. The monoisotopic (exact) mass is 461 g/mol. The van der Waals surface area contributed by atoms with Crippen LogP contribution in [0.4, 0.5) is 4.39 Å². The van der Waals surface area contributed by atoms with Gasteiger partial charge in [-0.05, 0) is 54.3 Å². The zero-order valence-electron chi connectivity index (χ0n) is 17.3. The summed E-state index contributed by atoms with van der Waals surface area (Å²) in [5.74, 6) is -0.874. The molecule has 0 amide bonds. The van der Waals surface area contributed by atoms with Crippen LogP contribution in [0.3, 0.4) is 0 Å². The predicted molar refractivity (Wildman–Crippen MR) is 120 cm³/mol. The first-order chi connectivity index (χ1) is 16.0. The number of rotatable bonds is 5. The van der Waals surface area contributed by atoms with E-state index >= 15 is 0 Å². The highest BCUT2D eigenvalue weighted by Crippen LogP contribution is 2.26. The molecule has 0 spiro atoms. The highest BCUT2D eigenvalue weighted by molar-refractivity contribution is 7.13. The van der Waals surface area contributed by atoms with E-state index in [1.54, 1.807) is 24.4 Å². The van der Waals surface area contributed by atoms with E-state index in [0.717, 1.165) is 10.4 Å². The normalized spacial score (nSPS) is 11.1. The topological polar surface area (TPSA) is 91.4 Å². The molecule has 5 rings (SSSR count). The number of thiophene rings is 1. The fourth-order valence-corrected chi connectivity index (χ4v) is 3.96. The summed E-state index contributed by atoms with van der Waals surface area (Å²) in [4.78, 5) is 34.6. The summed E-state index contributed by atoms with van der Waals surface area (Å²) in [7, 11) is 0. The second-order valence-electron chi connectivity index (χ2n) is 7.22. The van der Waals surface area contributed by atoms with Gasteiger partial charge >= 0.3 is 5.97 Å². The number of pyridine rings is 1. The first-order valence-electron chi connectivity index (χ1n) is 9.91. The van der Waals surface area contributed by atoms with Gasteiger partial charge in [-0.2, -0.15) is 4.98 Å². The summed E-state index contributed by atoms with van der Waals surface area (Å²) < 4.78 is 21.6. The molecule has 10 heteroatoms. The van der Waals surface area contributed by atoms with E-state index in [4.69, 9.17) is 4.74 Å². The molecule has 0 N–H and O–H groups in total. The Bertz CT molecular complexity index is 1520. The van der Waals surface area contributed by atoms with Crippen LogP contribution in [0.2, 0.25) is 0 Å². The van der Waals surface area contributed by atoms with Crippen molar-refractivity contribution in [3.8, 4) is 16.4 Å². The fourth-order valence-electron chi connectivity index (χ4n) is 3.26. The van der Waals surface area contributed by atoms with E-state index < -0.39 is 5.97 Å². The fraction of sp³-hybridized carbons (Fsp3) is 0.0870. The first-order valence-corrected chi connectivity index (χ1v) is 10.8. The van der Waals surface area contributed by atoms with E-state index in [0.29, 0.717) is 22.9 Å². The highest BCUT2D eigenvalue weighted by Gasteiger charge is 2.21. The molecule has 0 atom stereocenters. The van der Waals surface area contributed by atoms with Crippen LogP contribution >= 0.6 is 11.3 Å². The minimum absolute atomic E-state index is 0.157. The maximum Gasteiger partial charge on any atom is 0.378 e. The SMILES string of the molecule is Cc1ccc2nc(COC(=O)c3nc(-c4cccs4)n(-c4ccc(F)cc4)n3)cc(=O)n2c1. The Balaban J connectivity index is 1.42. The van der Waals surface area contributed by atoms with Crippen LogP contribution in [0, 0.1) is 12.7 Å². The maximum atomic E-state index is 13.4. The summed E-state index contributed by atoms with van der Waals surface area (Å²) in [6.07, 6.45) is 1.69. The van der Waals surface area contributed by atoms with Gasteiger partial charge in [-0.25, -0.2) is 18.9 Å². The molecule has 0 bridgehead atoms. The Labute approximate surface area is 190 Å². The predicted octanol–water partition coefficient (Wildman–Crippen LogP) is 3.81. The summed E-state index contributed by atoms with van der Waals surface area (Å²) >= 11 is 1.43. The molecule has 0 fully saturated rings. The molecule has 5 aromatic rings. The van der Waals surface area contributed by atoms with E-state index in [9.17, 15) is 14.0 Å². The van der Waals surface area contributed by atoms with Crippen LogP contribution in [0.25, 0.3) is 22.0 Å². The summed E-state index contributed by atoms with van der Waals surface area (Å²) in [6.45, 7) is 1.67. The van der Waals surface area contributed by atoms with Crippen molar-refractivity contribution in [3.63, 3.8) is 0 Å². The minimum atomic E-state index is -0.764. The van der Waals surface area contributed by atoms with Crippen LogP contribution in [-0.4, -0.2) is 30.1 Å². The third-order valence-corrected chi connectivity index (χ3v) is 5.68. The molecule has 8 nitrogen and oxygen atoms in total. The number of ether oxygens (including phenoxy) is 1. The number of halogens is 1. The van der Waals surface area contributed by atoms with Crippen LogP contribution < -0.4 is 5.56 Å². The smallest absolute Gasteiger partial charge is 0.378 e. The number of nitrogens with zero attached hydrogens (tertiary/aromatic N) is 5. The molecule has 0 aliphatic carbocycles. The molecule has 4 heterocycles. The zero-order valence-corrected chi connectivity index (χ0v) is 18.1. The molecule has 4 aromatic heterocycles. The van der Waals surface area contributed by atoms with Crippen LogP contribution in [0.1, 0.15) is 21.9 Å². The summed E-state index contributed by atoms with van der Waals surface area (Å²) in [5.41, 5.74) is 1.97. The first kappa shape index (κ1) is 20.7. The average Bonchev–Trinajstić information content (AvgIpc) is 3.49. The zero-order chi connectivity index (χ0) is 22.9. The molecule has 0 unspecified atom stereocenters. The number of carbonyl (C=O) groups is 1. The van der Waals surface area contributed by atoms with Gasteiger partial charge in [0, 0.05) is 12.3 Å². The van der Waals surface area contributed by atoms with E-state index in [1.165, 1.54) is 38.6 Å². The number of aryl methyl sites for hydroxylation is 1. The standard InChI is InChI=1S/C23H16FN5O3S/c1-14-4-9-19-25-16(11-20(30)28(19)12-14)13-32-23(31)21-26-22(18-3-2-10-33-18)29(27-21)17-7-5-15(24)6-8-17/h2-12H,13H2,1H3. The Kier molecular flexibility index (Phi) is 5.27. The number of hydrogen-bond donors (Lipinski definition) is 0. The average molecular weight is 461 g/mol. The van der Waals surface area contributed by atoms with Gasteiger partial charge in [0.05, 0.1) is 16.3 Å². The van der Waals surface area contributed by atoms with Crippen LogP contribution in [0.5, 0.6) is 0 Å². The Hall–Kier alpha value is -4.18. The largest absolute Gasteiger partial charge is 0.453 e. The number of hydrogen-bond acceptors (Lipinski definition) is 7. The molecular formula is C23H16FN5O3S. The van der Waals surface area contributed by atoms with Gasteiger partial charge in [0.2, 0.25) is 0 Å². The number of fused-ring (bicyclic) bond motifs is 1. The van der Waals surface area contributed by atoms with Crippen molar-refractivity contribution in [2.75, 3.05) is 0 Å². The van der Waals surface area contributed by atoms with Gasteiger partial charge < -0.3 is 4.74 Å².